The highest BCUT2D eigenvalue weighted by Gasteiger charge is 2.39. The van der Waals surface area contributed by atoms with Gasteiger partial charge in [0.05, 0.1) is 18.6 Å². The van der Waals surface area contributed by atoms with Crippen LogP contribution < -0.4 is 5.73 Å². The second-order valence-corrected chi connectivity index (χ2v) is 5.71. The van der Waals surface area contributed by atoms with Crippen LogP contribution in [0.5, 0.6) is 5.75 Å². The van der Waals surface area contributed by atoms with E-state index in [2.05, 4.69) is 20.7 Å². The van der Waals surface area contributed by atoms with E-state index in [1.54, 1.807) is 13.8 Å². The molecule has 0 bridgehead atoms. The Kier molecular flexibility index (Phi) is 6.66. The number of aromatic hydroxyl groups is 1. The molecule has 0 spiro atoms. The lowest BCUT2D eigenvalue weighted by molar-refractivity contribution is -0.152. The first-order valence-electron chi connectivity index (χ1n) is 5.73. The first kappa shape index (κ1) is 19.7. The van der Waals surface area contributed by atoms with Crippen LogP contribution in [0.15, 0.2) is 16.6 Å². The maximum absolute atomic E-state index is 11.8. The van der Waals surface area contributed by atoms with Crippen molar-refractivity contribution in [1.29, 1.82) is 0 Å². The number of benzene rings is 1. The van der Waals surface area contributed by atoms with Crippen LogP contribution in [0.3, 0.4) is 0 Å². The van der Waals surface area contributed by atoms with Crippen molar-refractivity contribution in [2.24, 2.45) is 11.1 Å². The van der Waals surface area contributed by atoms with Crippen molar-refractivity contribution >= 4 is 40.3 Å². The summed E-state index contributed by atoms with van der Waals surface area (Å²) in [6.07, 6.45) is 0. The molecule has 0 aliphatic carbocycles. The van der Waals surface area contributed by atoms with Gasteiger partial charge in [-0.3, -0.25) is 4.79 Å². The first-order chi connectivity index (χ1) is 9.14. The summed E-state index contributed by atoms with van der Waals surface area (Å²) in [6, 6.07) is 1.78. The molecule has 0 fully saturated rings. The summed E-state index contributed by atoms with van der Waals surface area (Å²) < 4.78 is 5.10. The van der Waals surface area contributed by atoms with E-state index in [1.807, 2.05) is 0 Å². The first-order valence-corrected chi connectivity index (χ1v) is 6.52. The van der Waals surface area contributed by atoms with Crippen LogP contribution in [-0.2, 0) is 9.53 Å². The molecule has 6 nitrogen and oxygen atoms in total. The van der Waals surface area contributed by atoms with Gasteiger partial charge >= 0.3 is 11.9 Å². The van der Waals surface area contributed by atoms with Gasteiger partial charge in [0, 0.05) is 10.0 Å². The van der Waals surface area contributed by atoms with Gasteiger partial charge in [0.15, 0.2) is 0 Å². The minimum atomic E-state index is -1.28. The van der Waals surface area contributed by atoms with Crippen LogP contribution in [0.25, 0.3) is 0 Å². The quantitative estimate of drug-likeness (QED) is 0.690. The number of aromatic carboxylic acids is 1. The predicted molar refractivity (Wildman–Crippen MR) is 82.7 cm³/mol. The lowest BCUT2D eigenvalue weighted by atomic mass is 9.80. The number of methoxy groups -OCH3 is 1. The van der Waals surface area contributed by atoms with E-state index in [0.29, 0.717) is 4.47 Å². The Morgan fingerprint density at radius 2 is 1.90 bits per heavy atom. The Morgan fingerprint density at radius 1 is 1.38 bits per heavy atom. The summed E-state index contributed by atoms with van der Waals surface area (Å²) in [7, 11) is 1.24. The molecular formula is C13H17BrClNO5. The number of carboxylic acids is 1. The molecule has 21 heavy (non-hydrogen) atoms. The number of carboxylic acid groups (broad SMARTS) is 1. The second kappa shape index (κ2) is 7.11. The highest BCUT2D eigenvalue weighted by Crippen LogP contribution is 2.41. The Hall–Kier alpha value is -1.31. The van der Waals surface area contributed by atoms with Gasteiger partial charge in [0.25, 0.3) is 0 Å². The van der Waals surface area contributed by atoms with Crippen LogP contribution >= 0.6 is 28.3 Å². The molecule has 8 heteroatoms. The number of ether oxygens (including phenoxy) is 1. The summed E-state index contributed by atoms with van der Waals surface area (Å²) >= 11 is 3.21. The number of esters is 1. The van der Waals surface area contributed by atoms with E-state index < -0.39 is 29.1 Å². The predicted octanol–water partition coefficient (Wildman–Crippen LogP) is 2.47. The third-order valence-corrected chi connectivity index (χ3v) is 3.89. The number of nitrogens with two attached hydrogens (primary N) is 1. The molecule has 0 amide bonds. The number of hydrogen-bond acceptors (Lipinski definition) is 5. The normalized spacial score (nSPS) is 12.2. The fraction of sp³-hybridized carbons (Fsp3) is 0.385. The maximum Gasteiger partial charge on any atom is 0.339 e. The highest BCUT2D eigenvalue weighted by molar-refractivity contribution is 9.10. The van der Waals surface area contributed by atoms with Gasteiger partial charge in [-0.15, -0.1) is 12.4 Å². The zero-order valence-electron chi connectivity index (χ0n) is 11.7. The number of halogens is 2. The maximum atomic E-state index is 11.8. The van der Waals surface area contributed by atoms with Crippen molar-refractivity contribution < 1.29 is 24.5 Å². The van der Waals surface area contributed by atoms with E-state index in [4.69, 9.17) is 10.8 Å². The lowest BCUT2D eigenvalue weighted by Gasteiger charge is -2.30. The molecule has 0 saturated carbocycles. The molecule has 1 aromatic carbocycles. The molecule has 0 aliphatic rings. The van der Waals surface area contributed by atoms with Gasteiger partial charge in [-0.05, 0) is 26.0 Å². The Morgan fingerprint density at radius 3 is 2.33 bits per heavy atom. The fourth-order valence-corrected chi connectivity index (χ4v) is 2.37. The molecule has 0 aliphatic heterocycles. The van der Waals surface area contributed by atoms with Crippen LogP contribution in [-0.4, -0.2) is 29.3 Å². The van der Waals surface area contributed by atoms with Gasteiger partial charge in [0.2, 0.25) is 0 Å². The Bertz CT molecular complexity index is 562. The molecule has 118 valence electrons. The van der Waals surface area contributed by atoms with E-state index in [9.17, 15) is 14.7 Å². The van der Waals surface area contributed by atoms with Crippen LogP contribution in [0.1, 0.15) is 35.8 Å². The zero-order valence-corrected chi connectivity index (χ0v) is 14.1. The number of rotatable bonds is 4. The summed E-state index contributed by atoms with van der Waals surface area (Å²) in [5, 5.41) is 19.1. The molecule has 1 rings (SSSR count). The third kappa shape index (κ3) is 3.66. The summed E-state index contributed by atoms with van der Waals surface area (Å²) in [5.41, 5.74) is 4.78. The number of carbonyl (C=O) groups excluding carboxylic acids is 1. The van der Waals surface area contributed by atoms with Crippen molar-refractivity contribution in [3.63, 3.8) is 0 Å². The average molecular weight is 383 g/mol. The monoisotopic (exact) mass is 381 g/mol. The van der Waals surface area contributed by atoms with Crippen LogP contribution in [0.4, 0.5) is 0 Å². The van der Waals surface area contributed by atoms with Gasteiger partial charge in [-0.2, -0.15) is 0 Å². The SMILES string of the molecule is COC(=O)C(C)(C)[C@H](N)c1c(Br)ccc(C(=O)O)c1O.Cl. The number of carbonyl (C=O) groups is 2. The lowest BCUT2D eigenvalue weighted by Crippen LogP contribution is -2.37. The van der Waals surface area contributed by atoms with Crippen LogP contribution in [0.2, 0.25) is 0 Å². The molecular weight excluding hydrogens is 366 g/mol. The summed E-state index contributed by atoms with van der Waals surface area (Å²) in [4.78, 5) is 22.8. The van der Waals surface area contributed by atoms with Gasteiger partial charge in [0.1, 0.15) is 11.3 Å². The molecule has 4 N–H and O–H groups in total. The fourth-order valence-electron chi connectivity index (χ4n) is 1.80. The molecule has 1 atom stereocenters. The van der Waals surface area contributed by atoms with Crippen molar-refractivity contribution in [2.75, 3.05) is 7.11 Å². The van der Waals surface area contributed by atoms with E-state index in [-0.39, 0.29) is 23.5 Å². The zero-order chi connectivity index (χ0) is 15.7. The molecule has 1 aromatic rings. The largest absolute Gasteiger partial charge is 0.507 e. The van der Waals surface area contributed by atoms with E-state index in [1.165, 1.54) is 19.2 Å². The minimum Gasteiger partial charge on any atom is -0.507 e. The molecule has 0 heterocycles. The Labute approximate surface area is 136 Å². The molecule has 0 unspecified atom stereocenters. The Balaban J connectivity index is 0.00000400. The standard InChI is InChI=1S/C13H16BrNO5.ClH/c1-13(2,12(19)20-3)10(15)8-7(14)5-4-6(9(8)16)11(17)18;/h4-5,10,16H,15H2,1-3H3,(H,17,18);1H/t10-;/m1./s1. The molecule has 0 radical (unpaired) electrons. The number of hydrogen-bond donors (Lipinski definition) is 3. The van der Waals surface area contributed by atoms with Crippen molar-refractivity contribution in [1.82, 2.24) is 0 Å². The average Bonchev–Trinajstić information content (AvgIpc) is 2.36. The second-order valence-electron chi connectivity index (χ2n) is 4.85. The van der Waals surface area contributed by atoms with Crippen molar-refractivity contribution in [3.05, 3.63) is 27.7 Å². The molecule has 0 saturated heterocycles. The van der Waals surface area contributed by atoms with Crippen LogP contribution in [0, 0.1) is 5.41 Å². The smallest absolute Gasteiger partial charge is 0.339 e. The van der Waals surface area contributed by atoms with E-state index in [0.717, 1.165) is 0 Å². The van der Waals surface area contributed by atoms with Gasteiger partial charge in [-0.25, -0.2) is 4.79 Å². The summed E-state index contributed by atoms with van der Waals surface area (Å²) in [5.74, 6) is -2.30. The van der Waals surface area contributed by atoms with Crippen molar-refractivity contribution in [3.8, 4) is 5.75 Å². The third-order valence-electron chi connectivity index (χ3n) is 3.19. The molecule has 0 aromatic heterocycles. The number of phenols is 1. The topological polar surface area (TPSA) is 110 Å². The van der Waals surface area contributed by atoms with Crippen molar-refractivity contribution in [2.45, 2.75) is 19.9 Å². The minimum absolute atomic E-state index is 0. The summed E-state index contributed by atoms with van der Waals surface area (Å²) in [6.45, 7) is 3.12. The highest BCUT2D eigenvalue weighted by atomic mass is 79.9. The van der Waals surface area contributed by atoms with Gasteiger partial charge < -0.3 is 20.7 Å². The van der Waals surface area contributed by atoms with E-state index >= 15 is 0 Å². The van der Waals surface area contributed by atoms with Gasteiger partial charge in [-0.1, -0.05) is 15.9 Å².